The van der Waals surface area contributed by atoms with E-state index < -0.39 is 5.97 Å². The van der Waals surface area contributed by atoms with Crippen molar-refractivity contribution in [2.75, 3.05) is 0 Å². The van der Waals surface area contributed by atoms with E-state index in [0.717, 1.165) is 16.7 Å². The van der Waals surface area contributed by atoms with E-state index in [1.165, 1.54) is 12.1 Å². The molecular weight excluding hydrogens is 176 g/mol. The van der Waals surface area contributed by atoms with Crippen LogP contribution in [0.5, 0.6) is 0 Å². The summed E-state index contributed by atoms with van der Waals surface area (Å²) in [6.07, 6.45) is 0. The van der Waals surface area contributed by atoms with Gasteiger partial charge in [0.2, 0.25) is 0 Å². The van der Waals surface area contributed by atoms with Crippen LogP contribution in [-0.4, -0.2) is 16.7 Å². The summed E-state index contributed by atoms with van der Waals surface area (Å²) in [5.41, 5.74) is 0.931. The molecule has 0 aliphatic carbocycles. The Kier molecular flexibility index (Phi) is 2.88. The molecule has 0 heterocycles. The number of carboxylic acids is 1. The van der Waals surface area contributed by atoms with Gasteiger partial charge >= 0.3 is 5.97 Å². The smallest absolute Gasteiger partial charge is 0.335 e. The number of hydrogen-bond acceptors (Lipinski definition) is 3. The molecular formula is C8H6O3S. The Morgan fingerprint density at radius 1 is 1.33 bits per heavy atom. The maximum Gasteiger partial charge on any atom is 0.335 e. The number of aromatic carboxylic acids is 1. The fraction of sp³-hybridized carbons (Fsp3) is 0. The molecule has 0 saturated heterocycles. The van der Waals surface area contributed by atoms with E-state index in [2.05, 4.69) is 0 Å². The van der Waals surface area contributed by atoms with Crippen molar-refractivity contribution in [1.82, 2.24) is 0 Å². The van der Waals surface area contributed by atoms with Crippen molar-refractivity contribution in [3.05, 3.63) is 29.8 Å². The van der Waals surface area contributed by atoms with Crippen molar-refractivity contribution in [3.8, 4) is 0 Å². The Hall–Kier alpha value is -1.29. The van der Waals surface area contributed by atoms with Gasteiger partial charge < -0.3 is 5.11 Å². The molecule has 4 heteroatoms. The normalized spacial score (nSPS) is 9.33. The van der Waals surface area contributed by atoms with Crippen LogP contribution in [-0.2, 0) is 4.79 Å². The highest BCUT2D eigenvalue weighted by molar-refractivity contribution is 8.11. The van der Waals surface area contributed by atoms with Crippen LogP contribution in [0.4, 0.5) is 0 Å². The van der Waals surface area contributed by atoms with Gasteiger partial charge in [0.05, 0.1) is 5.56 Å². The number of carbonyl (C=O) groups excluding carboxylic acids is 1. The van der Waals surface area contributed by atoms with Gasteiger partial charge in [0.15, 0.2) is 5.62 Å². The Bertz CT molecular complexity index is 292. The van der Waals surface area contributed by atoms with E-state index in [1.54, 1.807) is 12.1 Å². The standard InChI is InChI=1S/C8H6O3S/c9-5-12-7-3-1-6(2-4-7)8(10)11/h1-5H,(H,10,11). The average Bonchev–Trinajstić information content (AvgIpc) is 2.06. The molecule has 0 atom stereocenters. The first kappa shape index (κ1) is 8.80. The SMILES string of the molecule is O=CSc1ccc(C(=O)O)cc1. The van der Waals surface area contributed by atoms with Gasteiger partial charge in [-0.25, -0.2) is 4.79 Å². The number of carboxylic acid groups (broad SMARTS) is 1. The van der Waals surface area contributed by atoms with E-state index in [9.17, 15) is 9.59 Å². The molecule has 0 aliphatic rings. The third kappa shape index (κ3) is 2.10. The molecule has 1 aromatic rings. The highest BCUT2D eigenvalue weighted by Crippen LogP contribution is 2.15. The molecule has 0 bridgehead atoms. The van der Waals surface area contributed by atoms with Gasteiger partial charge in [0.25, 0.3) is 0 Å². The van der Waals surface area contributed by atoms with Crippen LogP contribution in [0.3, 0.4) is 0 Å². The maximum absolute atomic E-state index is 10.4. The predicted molar refractivity (Wildman–Crippen MR) is 46.0 cm³/mol. The minimum Gasteiger partial charge on any atom is -0.478 e. The zero-order chi connectivity index (χ0) is 8.97. The second-order valence-corrected chi connectivity index (χ2v) is 2.94. The number of benzene rings is 1. The minimum atomic E-state index is -0.961. The van der Waals surface area contributed by atoms with E-state index in [4.69, 9.17) is 5.11 Å². The summed E-state index contributed by atoms with van der Waals surface area (Å²) in [4.78, 5) is 21.2. The lowest BCUT2D eigenvalue weighted by molar-refractivity contribution is 0.0697. The van der Waals surface area contributed by atoms with Crippen LogP contribution in [0.2, 0.25) is 0 Å². The molecule has 0 aliphatic heterocycles. The zero-order valence-corrected chi connectivity index (χ0v) is 6.88. The highest BCUT2D eigenvalue weighted by Gasteiger charge is 2.00. The average molecular weight is 182 g/mol. The first-order valence-electron chi connectivity index (χ1n) is 3.17. The number of carbonyl (C=O) groups is 2. The lowest BCUT2D eigenvalue weighted by atomic mass is 10.2. The molecule has 0 aromatic heterocycles. The van der Waals surface area contributed by atoms with Crippen LogP contribution < -0.4 is 0 Å². The third-order valence-corrected chi connectivity index (χ3v) is 1.93. The molecule has 62 valence electrons. The fourth-order valence-electron chi connectivity index (χ4n) is 0.732. The van der Waals surface area contributed by atoms with E-state index in [1.807, 2.05) is 0 Å². The Morgan fingerprint density at radius 3 is 2.33 bits per heavy atom. The first-order chi connectivity index (χ1) is 5.74. The number of thioether (sulfide) groups is 1. The van der Waals surface area contributed by atoms with Gasteiger partial charge in [-0.05, 0) is 24.3 Å². The largest absolute Gasteiger partial charge is 0.478 e. The van der Waals surface area contributed by atoms with Gasteiger partial charge in [0, 0.05) is 4.90 Å². The number of rotatable bonds is 3. The highest BCUT2D eigenvalue weighted by atomic mass is 32.2. The molecule has 1 N–H and O–H groups in total. The van der Waals surface area contributed by atoms with Crippen molar-refractivity contribution in [1.29, 1.82) is 0 Å². The van der Waals surface area contributed by atoms with E-state index in [0.29, 0.717) is 5.62 Å². The summed E-state index contributed by atoms with van der Waals surface area (Å²) >= 11 is 1.02. The van der Waals surface area contributed by atoms with Crippen LogP contribution >= 0.6 is 11.8 Å². The maximum atomic E-state index is 10.4. The molecule has 0 unspecified atom stereocenters. The molecule has 12 heavy (non-hydrogen) atoms. The molecule has 1 aromatic carbocycles. The fourth-order valence-corrected chi connectivity index (χ4v) is 1.14. The quantitative estimate of drug-likeness (QED) is 0.570. The topological polar surface area (TPSA) is 54.4 Å². The van der Waals surface area contributed by atoms with Crippen molar-refractivity contribution in [3.63, 3.8) is 0 Å². The number of hydrogen-bond donors (Lipinski definition) is 1. The summed E-state index contributed by atoms with van der Waals surface area (Å²) in [6.45, 7) is 0. The predicted octanol–water partition coefficient (Wildman–Crippen LogP) is 1.67. The van der Waals surface area contributed by atoms with Gasteiger partial charge in [-0.15, -0.1) is 0 Å². The van der Waals surface area contributed by atoms with Crippen molar-refractivity contribution < 1.29 is 14.7 Å². The van der Waals surface area contributed by atoms with Crippen LogP contribution in [0, 0.1) is 0 Å². The minimum absolute atomic E-state index is 0.227. The molecule has 0 saturated carbocycles. The monoisotopic (exact) mass is 182 g/mol. The molecule has 0 amide bonds. The van der Waals surface area contributed by atoms with Crippen molar-refractivity contribution in [2.45, 2.75) is 4.90 Å². The van der Waals surface area contributed by atoms with Gasteiger partial charge in [0.1, 0.15) is 0 Å². The molecule has 1 rings (SSSR count). The van der Waals surface area contributed by atoms with Crippen LogP contribution in [0.1, 0.15) is 10.4 Å². The van der Waals surface area contributed by atoms with Gasteiger partial charge in [-0.2, -0.15) is 0 Å². The van der Waals surface area contributed by atoms with Gasteiger partial charge in [-0.1, -0.05) is 11.8 Å². The zero-order valence-electron chi connectivity index (χ0n) is 6.06. The third-order valence-electron chi connectivity index (χ3n) is 1.29. The second kappa shape index (κ2) is 3.92. The van der Waals surface area contributed by atoms with Gasteiger partial charge in [-0.3, -0.25) is 4.79 Å². The second-order valence-electron chi connectivity index (χ2n) is 2.04. The summed E-state index contributed by atoms with van der Waals surface area (Å²) in [6, 6.07) is 6.13. The summed E-state index contributed by atoms with van der Waals surface area (Å²) in [7, 11) is 0. The molecule has 3 nitrogen and oxygen atoms in total. The van der Waals surface area contributed by atoms with E-state index in [-0.39, 0.29) is 5.56 Å². The first-order valence-corrected chi connectivity index (χ1v) is 4.05. The molecule has 0 fully saturated rings. The Balaban J connectivity index is 2.85. The molecule has 0 radical (unpaired) electrons. The van der Waals surface area contributed by atoms with E-state index >= 15 is 0 Å². The van der Waals surface area contributed by atoms with Crippen LogP contribution in [0.25, 0.3) is 0 Å². The lowest BCUT2D eigenvalue weighted by Crippen LogP contribution is -1.94. The lowest BCUT2D eigenvalue weighted by Gasteiger charge is -1.95. The van der Waals surface area contributed by atoms with Crippen LogP contribution in [0.15, 0.2) is 29.2 Å². The Morgan fingerprint density at radius 2 is 1.92 bits per heavy atom. The molecule has 0 spiro atoms. The van der Waals surface area contributed by atoms with Crippen molar-refractivity contribution >= 4 is 23.3 Å². The Labute approximate surface area is 73.4 Å². The van der Waals surface area contributed by atoms with Crippen molar-refractivity contribution in [2.24, 2.45) is 0 Å². The summed E-state index contributed by atoms with van der Waals surface area (Å²) in [5, 5.41) is 8.53. The summed E-state index contributed by atoms with van der Waals surface area (Å²) in [5.74, 6) is -0.961. The summed E-state index contributed by atoms with van der Waals surface area (Å²) < 4.78 is 0.